The Morgan fingerprint density at radius 3 is 2.60 bits per heavy atom. The van der Waals surface area contributed by atoms with E-state index in [4.69, 9.17) is 27.9 Å². The summed E-state index contributed by atoms with van der Waals surface area (Å²) in [6, 6.07) is 11.4. The lowest BCUT2D eigenvalue weighted by molar-refractivity contribution is 0.0728. The van der Waals surface area contributed by atoms with Gasteiger partial charge in [0.25, 0.3) is 5.56 Å². The molecule has 3 aromatic rings. The third-order valence-electron chi connectivity index (χ3n) is 3.59. The molecule has 0 N–H and O–H groups in total. The van der Waals surface area contributed by atoms with E-state index in [0.29, 0.717) is 28.8 Å². The van der Waals surface area contributed by atoms with Crippen LogP contribution in [0.3, 0.4) is 0 Å². The van der Waals surface area contributed by atoms with Crippen molar-refractivity contribution in [3.8, 4) is 5.75 Å². The van der Waals surface area contributed by atoms with Crippen molar-refractivity contribution < 1.29 is 9.53 Å². The van der Waals surface area contributed by atoms with E-state index in [1.165, 1.54) is 16.8 Å². The van der Waals surface area contributed by atoms with Crippen LogP contribution in [0.1, 0.15) is 23.8 Å². The molecule has 1 heterocycles. The highest BCUT2D eigenvalue weighted by atomic mass is 35.5. The van der Waals surface area contributed by atoms with E-state index in [0.717, 1.165) is 0 Å². The number of ether oxygens (including phenoxy) is 1. The van der Waals surface area contributed by atoms with Gasteiger partial charge in [-0.25, -0.2) is 9.48 Å². The van der Waals surface area contributed by atoms with Gasteiger partial charge < -0.3 is 4.74 Å². The lowest BCUT2D eigenvalue weighted by Crippen LogP contribution is -2.27. The second-order valence-corrected chi connectivity index (χ2v) is 6.23. The van der Waals surface area contributed by atoms with Gasteiger partial charge in [-0.3, -0.25) is 4.79 Å². The minimum absolute atomic E-state index is 0.0553. The summed E-state index contributed by atoms with van der Waals surface area (Å²) in [4.78, 5) is 25.1. The summed E-state index contributed by atoms with van der Waals surface area (Å²) in [5.74, 6) is -0.566. The number of hydrogen-bond acceptors (Lipinski definition) is 4. The minimum Gasteiger partial charge on any atom is -0.420 e. The number of carbonyl (C=O) groups is 1. The Balaban J connectivity index is 2.11. The van der Waals surface area contributed by atoms with Crippen LogP contribution in [0.2, 0.25) is 10.0 Å². The average molecular weight is 377 g/mol. The van der Waals surface area contributed by atoms with Crippen LogP contribution >= 0.6 is 23.2 Å². The van der Waals surface area contributed by atoms with Crippen molar-refractivity contribution in [2.75, 3.05) is 0 Å². The quantitative estimate of drug-likeness (QED) is 0.502. The maximum absolute atomic E-state index is 12.7. The molecule has 0 aliphatic rings. The van der Waals surface area contributed by atoms with Crippen molar-refractivity contribution in [2.45, 2.75) is 19.9 Å². The number of rotatable bonds is 4. The van der Waals surface area contributed by atoms with Crippen molar-refractivity contribution in [2.24, 2.45) is 0 Å². The average Bonchev–Trinajstić information content (AvgIpc) is 2.60. The summed E-state index contributed by atoms with van der Waals surface area (Å²) in [6.45, 7) is 2.33. The molecule has 0 saturated carbocycles. The van der Waals surface area contributed by atoms with Crippen LogP contribution in [-0.4, -0.2) is 15.7 Å². The molecule has 0 unspecified atom stereocenters. The van der Waals surface area contributed by atoms with Gasteiger partial charge >= 0.3 is 5.97 Å². The van der Waals surface area contributed by atoms with Crippen LogP contribution in [0.5, 0.6) is 5.75 Å². The predicted molar refractivity (Wildman–Crippen MR) is 97.7 cm³/mol. The molecule has 0 saturated heterocycles. The molecule has 3 rings (SSSR count). The first-order chi connectivity index (χ1) is 12.0. The molecule has 0 atom stereocenters. The third-order valence-corrected chi connectivity index (χ3v) is 4.14. The first-order valence-electron chi connectivity index (χ1n) is 7.68. The topological polar surface area (TPSA) is 61.2 Å². The molecule has 0 aliphatic heterocycles. The second kappa shape index (κ2) is 7.25. The Morgan fingerprint density at radius 1 is 1.16 bits per heavy atom. The molecule has 0 bridgehead atoms. The van der Waals surface area contributed by atoms with E-state index in [1.807, 2.05) is 6.92 Å². The number of esters is 1. The zero-order valence-electron chi connectivity index (χ0n) is 13.3. The molecular weight excluding hydrogens is 363 g/mol. The monoisotopic (exact) mass is 376 g/mol. The number of fused-ring (bicyclic) bond motifs is 1. The van der Waals surface area contributed by atoms with Gasteiger partial charge in [0.05, 0.1) is 10.4 Å². The molecule has 128 valence electrons. The normalized spacial score (nSPS) is 10.8. The Kier molecular flexibility index (Phi) is 5.06. The van der Waals surface area contributed by atoms with Gasteiger partial charge in [-0.1, -0.05) is 48.3 Å². The largest absolute Gasteiger partial charge is 0.420 e. The van der Waals surface area contributed by atoms with E-state index >= 15 is 0 Å². The summed E-state index contributed by atoms with van der Waals surface area (Å²) < 4.78 is 6.64. The summed E-state index contributed by atoms with van der Waals surface area (Å²) in [7, 11) is 0. The highest BCUT2D eigenvalue weighted by molar-refractivity contribution is 6.34. The van der Waals surface area contributed by atoms with Gasteiger partial charge in [-0.15, -0.1) is 0 Å². The van der Waals surface area contributed by atoms with Gasteiger partial charge in [-0.2, -0.15) is 5.10 Å². The molecule has 0 aliphatic carbocycles. The van der Waals surface area contributed by atoms with E-state index in [1.54, 1.807) is 30.3 Å². The Labute approximate surface area is 153 Å². The fraction of sp³-hybridized carbons (Fsp3) is 0.167. The number of aromatic nitrogens is 2. The van der Waals surface area contributed by atoms with Crippen LogP contribution in [0, 0.1) is 0 Å². The van der Waals surface area contributed by atoms with Crippen molar-refractivity contribution in [1.29, 1.82) is 0 Å². The van der Waals surface area contributed by atoms with Crippen LogP contribution in [0.15, 0.2) is 47.3 Å². The Bertz CT molecular complexity index is 1010. The van der Waals surface area contributed by atoms with E-state index < -0.39 is 5.97 Å². The fourth-order valence-corrected chi connectivity index (χ4v) is 2.77. The van der Waals surface area contributed by atoms with Crippen molar-refractivity contribution in [3.63, 3.8) is 0 Å². The molecule has 5 nitrogen and oxygen atoms in total. The molecule has 0 amide bonds. The van der Waals surface area contributed by atoms with E-state index in [9.17, 15) is 9.59 Å². The van der Waals surface area contributed by atoms with Crippen LogP contribution in [0.25, 0.3) is 10.8 Å². The van der Waals surface area contributed by atoms with Crippen LogP contribution in [-0.2, 0) is 6.54 Å². The van der Waals surface area contributed by atoms with Gasteiger partial charge in [-0.05, 0) is 24.6 Å². The number of carbonyl (C=O) groups excluding carboxylic acids is 1. The van der Waals surface area contributed by atoms with Crippen molar-refractivity contribution >= 4 is 39.9 Å². The lowest BCUT2D eigenvalue weighted by atomic mass is 10.1. The molecule has 0 radical (unpaired) electrons. The SMILES string of the molecule is CCCn1nc(C(=O)Oc2cc(Cl)ccc2Cl)c2ccccc2c1=O. The smallest absolute Gasteiger partial charge is 0.364 e. The zero-order chi connectivity index (χ0) is 18.0. The fourth-order valence-electron chi connectivity index (χ4n) is 2.45. The van der Waals surface area contributed by atoms with Gasteiger partial charge in [0.15, 0.2) is 11.4 Å². The summed E-state index contributed by atoms with van der Waals surface area (Å²) in [5, 5.41) is 5.68. The zero-order valence-corrected chi connectivity index (χ0v) is 14.8. The molecule has 7 heteroatoms. The van der Waals surface area contributed by atoms with E-state index in [-0.39, 0.29) is 22.0 Å². The standard InChI is InChI=1S/C18H14Cl2N2O3/c1-2-9-22-17(23)13-6-4-3-5-12(13)16(21-22)18(24)25-15-10-11(19)7-8-14(15)20/h3-8,10H,2,9H2,1H3. The van der Waals surface area contributed by atoms with Crippen molar-refractivity contribution in [1.82, 2.24) is 9.78 Å². The first kappa shape index (κ1) is 17.5. The van der Waals surface area contributed by atoms with E-state index in [2.05, 4.69) is 5.10 Å². The molecule has 2 aromatic carbocycles. The highest BCUT2D eigenvalue weighted by Gasteiger charge is 2.19. The van der Waals surface area contributed by atoms with Gasteiger partial charge in [0.1, 0.15) is 0 Å². The van der Waals surface area contributed by atoms with Crippen molar-refractivity contribution in [3.05, 3.63) is 68.6 Å². The maximum atomic E-state index is 12.7. The lowest BCUT2D eigenvalue weighted by Gasteiger charge is -2.11. The number of hydrogen-bond donors (Lipinski definition) is 0. The molecular formula is C18H14Cl2N2O3. The number of nitrogens with zero attached hydrogens (tertiary/aromatic N) is 2. The number of benzene rings is 2. The summed E-state index contributed by atoms with van der Waals surface area (Å²) in [5.41, 5.74) is -0.186. The van der Waals surface area contributed by atoms with Crippen LogP contribution in [0.4, 0.5) is 0 Å². The highest BCUT2D eigenvalue weighted by Crippen LogP contribution is 2.28. The molecule has 0 fully saturated rings. The first-order valence-corrected chi connectivity index (χ1v) is 8.44. The van der Waals surface area contributed by atoms with Crippen LogP contribution < -0.4 is 10.3 Å². The number of halogens is 2. The Morgan fingerprint density at radius 2 is 1.88 bits per heavy atom. The molecule has 1 aromatic heterocycles. The third kappa shape index (κ3) is 3.52. The molecule has 0 spiro atoms. The van der Waals surface area contributed by atoms with Gasteiger partial charge in [0, 0.05) is 23.0 Å². The second-order valence-electron chi connectivity index (χ2n) is 5.39. The molecule has 25 heavy (non-hydrogen) atoms. The predicted octanol–water partition coefficient (Wildman–Crippen LogP) is 4.33. The number of aryl methyl sites for hydroxylation is 1. The minimum atomic E-state index is -0.704. The van der Waals surface area contributed by atoms with Gasteiger partial charge in [0.2, 0.25) is 0 Å². The maximum Gasteiger partial charge on any atom is 0.364 e. The summed E-state index contributed by atoms with van der Waals surface area (Å²) in [6.07, 6.45) is 0.708. The Hall–Kier alpha value is -2.37. The summed E-state index contributed by atoms with van der Waals surface area (Å²) >= 11 is 12.0.